The molecule has 20 rings (SSSR count). The van der Waals surface area contributed by atoms with E-state index in [9.17, 15) is 73.7 Å². The average Bonchev–Trinajstić information content (AvgIpc) is 1.52. The second-order valence-electron chi connectivity index (χ2n) is 33.7. The first-order chi connectivity index (χ1) is 81.8. The summed E-state index contributed by atoms with van der Waals surface area (Å²) in [5.74, 6) is -10.9. The van der Waals surface area contributed by atoms with E-state index >= 15 is 0 Å². The molecule has 8 saturated carbocycles. The molecule has 12 aromatic rings. The van der Waals surface area contributed by atoms with Crippen molar-refractivity contribution in [3.8, 4) is 0 Å². The quantitative estimate of drug-likeness (QED) is 0.00969. The molecule has 8 fully saturated rings. The highest BCUT2D eigenvalue weighted by Crippen LogP contribution is 2.50. The summed E-state index contributed by atoms with van der Waals surface area (Å²) in [6, 6.07) is 6.57. The molecule has 8 aromatic heterocycles. The van der Waals surface area contributed by atoms with Gasteiger partial charge in [-0.15, -0.1) is 20.4 Å². The Balaban J connectivity index is 0.000000157. The summed E-state index contributed by atoms with van der Waals surface area (Å²) in [5, 5.41) is 166. The molecular formula is C96H124F4N24O16S4. The Labute approximate surface area is 891 Å². The van der Waals surface area contributed by atoms with Crippen molar-refractivity contribution in [3.05, 3.63) is 141 Å². The first kappa shape index (κ1) is 70.4. The zero-order valence-corrected chi connectivity index (χ0v) is 80.7. The molecule has 24 atom stereocenters. The highest BCUT2D eigenvalue weighted by atomic mass is 32.2. The number of aliphatic hydroxyl groups is 12. The number of aromatic nitrogens is 20. The largest absolute Gasteiger partial charge is 0.394 e. The molecule has 8 heterocycles. The zero-order valence-electron chi connectivity index (χ0n) is 111. The number of hydrogen-bond donors (Lipinski definition) is 16. The van der Waals surface area contributed by atoms with Gasteiger partial charge < -0.3 is 101 Å². The molecule has 144 heavy (non-hydrogen) atoms. The monoisotopic (exact) mass is 2110 g/mol. The standard InChI is InChI=1S/4C24H31FN6O4S/c4*1-3-8-36-24-27-22(26-16-10-14(16)13-5-4-12(2)15(25)9-13)19-23(28-24)31(30-29-19)17-11-18(35-7-6-32)21(34)20(17)33/h4*4-5,9,14,16-18,20-21,32-34H,3,6-8,10-11H2,1-2H3,(H,26,27,28)/t4*14-,16+,17+,18-,20-,21+/m0000/s1/i6D2,7D2,8D2,10D2,14D;3D2,7D2,8D2,10D2,14D;3D2,6D2,8D2,10D2,14D;3D2,8D2,10D2,14D. The Morgan fingerprint density at radius 2 is 0.632 bits per heavy atom. The van der Waals surface area contributed by atoms with E-state index in [-0.39, 0.29) is 156 Å². The number of hydrogen-bond acceptors (Lipinski definition) is 40. The van der Waals surface area contributed by atoms with Gasteiger partial charge in [0.15, 0.2) is 88.6 Å². The van der Waals surface area contributed by atoms with E-state index in [1.165, 1.54) is 74.0 Å². The third-order valence-corrected chi connectivity index (χ3v) is 27.1. The van der Waals surface area contributed by atoms with E-state index in [1.807, 2.05) is 0 Å². The van der Waals surface area contributed by atoms with Gasteiger partial charge in [0.05, 0.1) is 112 Å². The van der Waals surface area contributed by atoms with Gasteiger partial charge in [-0.3, -0.25) is 0 Å². The summed E-state index contributed by atoms with van der Waals surface area (Å²) < 4.78 is 360. The summed E-state index contributed by atoms with van der Waals surface area (Å²) in [7, 11) is 0. The number of rotatable bonds is 40. The van der Waals surface area contributed by atoms with Crippen molar-refractivity contribution >= 4 is 115 Å². The maximum absolute atomic E-state index is 14.4. The van der Waals surface area contributed by atoms with Gasteiger partial charge in [-0.05, 0) is 147 Å². The second-order valence-corrected chi connectivity index (χ2v) is 36.9. The van der Waals surface area contributed by atoms with E-state index in [0.717, 1.165) is 59.1 Å². The Morgan fingerprint density at radius 1 is 0.361 bits per heavy atom. The predicted octanol–water partition coefficient (Wildman–Crippen LogP) is 8.73. The van der Waals surface area contributed by atoms with Crippen LogP contribution in [0.15, 0.2) is 93.4 Å². The Bertz CT molecular complexity index is 8220. The van der Waals surface area contributed by atoms with Crippen LogP contribution in [0.2, 0.25) is 0 Å². The molecule has 0 saturated heterocycles. The average molecular weight is 2110 g/mol. The molecular weight excluding hydrogens is 1950 g/mol. The van der Waals surface area contributed by atoms with Crippen LogP contribution in [-0.2, 0) is 18.9 Å². The van der Waals surface area contributed by atoms with Crippen molar-refractivity contribution in [1.29, 1.82) is 0 Å². The number of ether oxygens (including phenoxy) is 4. The molecule has 0 spiro atoms. The second kappa shape index (κ2) is 47.3. The van der Waals surface area contributed by atoms with Gasteiger partial charge in [-0.2, -0.15) is 0 Å². The Kier molecular flexibility index (Phi) is 23.1. The van der Waals surface area contributed by atoms with Crippen molar-refractivity contribution in [2.75, 3.05) is 96.8 Å². The predicted molar refractivity (Wildman–Crippen MR) is 530 cm³/mol. The lowest BCUT2D eigenvalue weighted by atomic mass is 10.1. The minimum atomic E-state index is -3.43. The number of halogens is 4. The van der Waals surface area contributed by atoms with Gasteiger partial charge in [-0.25, -0.2) is 76.2 Å². The van der Waals surface area contributed by atoms with Gasteiger partial charge >= 0.3 is 0 Å². The van der Waals surface area contributed by atoms with Gasteiger partial charge in [-0.1, -0.05) is 144 Å². The number of fused-ring (bicyclic) bond motifs is 4. The minimum absolute atomic E-state index is 0.0222. The van der Waals surface area contributed by atoms with Gasteiger partial charge in [0, 0.05) is 132 Å². The van der Waals surface area contributed by atoms with Crippen molar-refractivity contribution < 1.29 is 144 Å². The number of benzene rings is 4. The van der Waals surface area contributed by atoms with Crippen molar-refractivity contribution in [3.63, 3.8) is 0 Å². The molecule has 16 N–H and O–H groups in total. The van der Waals surface area contributed by atoms with Gasteiger partial charge in [0.25, 0.3) is 0 Å². The fourth-order valence-electron chi connectivity index (χ4n) is 16.6. The van der Waals surface area contributed by atoms with Crippen LogP contribution in [0.5, 0.6) is 0 Å². The highest BCUT2D eigenvalue weighted by Gasteiger charge is 2.51. The highest BCUT2D eigenvalue weighted by molar-refractivity contribution is 7.99. The van der Waals surface area contributed by atoms with Crippen LogP contribution in [0.4, 0.5) is 40.8 Å². The zero-order chi connectivity index (χ0) is 132. The third-order valence-electron chi connectivity index (χ3n) is 24.3. The molecule has 4 aromatic carbocycles. The lowest BCUT2D eigenvalue weighted by Gasteiger charge is -2.17. The molecule has 40 nitrogen and oxygen atoms in total. The Hall–Kier alpha value is -9.52. The normalized spacial score (nSPS) is 35.6. The van der Waals surface area contributed by atoms with E-state index in [2.05, 4.69) is 102 Å². The fourth-order valence-corrected chi connectivity index (χ4v) is 18.6. The maximum Gasteiger partial charge on any atom is 0.191 e. The fraction of sp³-hybridized carbons (Fsp3) is 0.583. The SMILES string of the molecule is [2H]C([2H])(C)C([2H])([2H])Sc1nc(N[C@@H]2C([2H])([2H])[C@@]2([2H])c2ccc(C)c(F)c2)c2nnn([C@@H]3C[C@H](OCCO)[C@@H](O)[C@H]3O)c2n1.[2H]C([2H])(CC)Sc1nc(N[C@@H]2C([2H])([2H])[C@@]2([2H])c2ccc(C)c(F)c2)c2nnn([C@@H]3C[C@H](OC([2H])([2H])C([2H])([2H])O)[C@@H](O)[C@H]3O)c2n1.[2H]C([2H])(CO)O[C@H]1C[C@@H](n2nnc3c(N[C@@H]4C([2H])([2H])[C@@]4([2H])c4ccc(C)c(F)c4)nc(SC([2H])([2H])C([2H])([2H])C)nc32)[C@H](O)[C@@H]1O.[2H]C([2H])(O)CO[C@H]1C[C@@H](n2nnc3c(N[C@@H]4C([2H])([2H])[C@@]4([2H])c4ccc(C)c(F)c4)nc(SC([2H])([2H])C([2H])([2H])C)nc32)[C@H](O)[C@@H]1O. The first-order valence-electron chi connectivity index (χ1n) is 61.9. The van der Waals surface area contributed by atoms with Gasteiger partial charge in [0.2, 0.25) is 0 Å². The van der Waals surface area contributed by atoms with Crippen LogP contribution in [0.25, 0.3) is 44.7 Å². The molecule has 0 amide bonds. The van der Waals surface area contributed by atoms with Crippen LogP contribution in [0.1, 0.15) is 243 Å². The number of nitrogens with one attached hydrogen (secondary N) is 4. The van der Waals surface area contributed by atoms with Crippen LogP contribution in [0, 0.1) is 51.0 Å². The molecule has 0 aliphatic heterocycles. The maximum atomic E-state index is 14.4. The number of thioether (sulfide) groups is 4. The topological polar surface area (TPSA) is 554 Å². The van der Waals surface area contributed by atoms with E-state index in [0.29, 0.717) is 69.3 Å². The minimum Gasteiger partial charge on any atom is -0.394 e. The lowest BCUT2D eigenvalue weighted by Crippen LogP contribution is -2.33. The van der Waals surface area contributed by atoms with Gasteiger partial charge in [0.1, 0.15) is 72.1 Å². The molecule has 8 aliphatic rings. The number of nitrogens with zero attached hydrogens (tertiary/aromatic N) is 20. The summed E-state index contributed by atoms with van der Waals surface area (Å²) in [6.45, 7) is -3.22. The molecule has 0 radical (unpaired) electrons. The summed E-state index contributed by atoms with van der Waals surface area (Å²) in [6.07, 6.45) is -33.6. The van der Waals surface area contributed by atoms with E-state index in [1.54, 1.807) is 13.8 Å². The number of anilines is 4. The number of aliphatic hydroxyl groups excluding tert-OH is 10. The van der Waals surface area contributed by atoms with Crippen molar-refractivity contribution in [1.82, 2.24) is 99.8 Å². The molecule has 0 bridgehead atoms. The van der Waals surface area contributed by atoms with Crippen molar-refractivity contribution in [2.24, 2.45) is 0 Å². The van der Waals surface area contributed by atoms with Crippen LogP contribution in [0.3, 0.4) is 0 Å². The van der Waals surface area contributed by atoms with Crippen molar-refractivity contribution in [2.45, 2.75) is 298 Å². The summed E-state index contributed by atoms with van der Waals surface area (Å²) in [5.41, 5.74) is -8.55. The van der Waals surface area contributed by atoms with Crippen LogP contribution < -0.4 is 21.3 Å². The molecule has 48 heteroatoms. The summed E-state index contributed by atoms with van der Waals surface area (Å²) >= 11 is 1.66. The van der Waals surface area contributed by atoms with Crippen LogP contribution in [-0.4, -0.2) is 334 Å². The smallest absolute Gasteiger partial charge is 0.191 e. The van der Waals surface area contributed by atoms with Crippen LogP contribution >= 0.6 is 47.0 Å². The molecule has 8 aliphatic carbocycles. The molecule has 776 valence electrons. The Morgan fingerprint density at radius 3 is 0.882 bits per heavy atom. The van der Waals surface area contributed by atoms with E-state index in [4.69, 9.17) is 70.7 Å². The summed E-state index contributed by atoms with van der Waals surface area (Å²) in [4.78, 5) is 34.5. The molecule has 0 unspecified atom stereocenters. The first-order valence-corrected chi connectivity index (χ1v) is 48.2. The third kappa shape index (κ3) is 23.8. The lowest BCUT2D eigenvalue weighted by molar-refractivity contribution is -0.0629. The van der Waals surface area contributed by atoms with E-state index < -0.39 is 275 Å². The number of aryl methyl sites for hydroxylation is 4.